The first-order valence-corrected chi connectivity index (χ1v) is 15.2. The van der Waals surface area contributed by atoms with Gasteiger partial charge >= 0.3 is 5.97 Å². The van der Waals surface area contributed by atoms with Gasteiger partial charge in [-0.15, -0.1) is 0 Å². The molecule has 0 aliphatic carbocycles. The Labute approximate surface area is 244 Å². The van der Waals surface area contributed by atoms with Crippen molar-refractivity contribution in [2.24, 2.45) is 5.92 Å². The van der Waals surface area contributed by atoms with Crippen molar-refractivity contribution >= 4 is 60.5 Å². The Kier molecular flexibility index (Phi) is 6.82. The molecule has 0 radical (unpaired) electrons. The minimum atomic E-state index is -4.23. The Hall–Kier alpha value is -4.17. The van der Waals surface area contributed by atoms with Gasteiger partial charge in [-0.05, 0) is 60.0 Å². The summed E-state index contributed by atoms with van der Waals surface area (Å²) in [7, 11) is -2.87. The zero-order valence-corrected chi connectivity index (χ0v) is 23.9. The second-order valence-corrected chi connectivity index (χ2v) is 12.7. The van der Waals surface area contributed by atoms with Crippen LogP contribution in [0.1, 0.15) is 0 Å². The van der Waals surface area contributed by atoms with Crippen LogP contribution in [0.3, 0.4) is 0 Å². The van der Waals surface area contributed by atoms with Gasteiger partial charge in [-0.2, -0.15) is 11.3 Å². The highest BCUT2D eigenvalue weighted by Gasteiger charge is 2.35. The summed E-state index contributed by atoms with van der Waals surface area (Å²) in [5.74, 6) is -1.06. The van der Waals surface area contributed by atoms with E-state index in [1.165, 1.54) is 64.9 Å². The number of hydrogen-bond donors (Lipinski definition) is 0. The summed E-state index contributed by atoms with van der Waals surface area (Å²) >= 11 is 7.28. The molecule has 0 amide bonds. The molecule has 1 saturated heterocycles. The standard InChI is InChI=1S/C30H21ClFN3O4S2/c1-33-29-24(12-13-40-29)27-25-15-21(32)8-11-26(25)35(41(37,38)23-9-6-20(31)7-10-23)28(27)18-4-3-5-22(14-18)34-16-19(17-34)30(36)39-2/h3-15,19H,16-17H2,2H3. The molecular weight excluding hydrogens is 585 g/mol. The zero-order valence-electron chi connectivity index (χ0n) is 21.5. The van der Waals surface area contributed by atoms with Crippen LogP contribution in [-0.4, -0.2) is 38.6 Å². The lowest BCUT2D eigenvalue weighted by molar-refractivity contribution is -0.146. The molecule has 0 atom stereocenters. The molecule has 3 heterocycles. The van der Waals surface area contributed by atoms with Crippen molar-refractivity contribution in [1.82, 2.24) is 3.97 Å². The molecule has 0 N–H and O–H groups in total. The van der Waals surface area contributed by atoms with Crippen molar-refractivity contribution < 1.29 is 22.3 Å². The Morgan fingerprint density at radius 3 is 2.56 bits per heavy atom. The SMILES string of the molecule is [C-]#[N+]c1sccc1-c1c(-c2cccc(N3CC(C(=O)OC)C3)c2)n(S(=O)(=O)c2ccc(Cl)cc2)c2ccc(F)cc12. The lowest BCUT2D eigenvalue weighted by atomic mass is 9.97. The van der Waals surface area contributed by atoms with E-state index in [2.05, 4.69) is 4.85 Å². The summed E-state index contributed by atoms with van der Waals surface area (Å²) in [5.41, 5.74) is 2.87. The molecule has 6 rings (SSSR count). The van der Waals surface area contributed by atoms with E-state index in [1.807, 2.05) is 17.0 Å². The maximum absolute atomic E-state index is 14.7. The number of ether oxygens (including phenoxy) is 1. The fraction of sp³-hybridized carbons (Fsp3) is 0.133. The van der Waals surface area contributed by atoms with Crippen LogP contribution in [0.15, 0.2) is 83.1 Å². The number of carbonyl (C=O) groups excluding carboxylic acids is 1. The third kappa shape index (κ3) is 4.56. The first-order valence-electron chi connectivity index (χ1n) is 12.5. The molecule has 41 heavy (non-hydrogen) atoms. The Balaban J connectivity index is 1.64. The van der Waals surface area contributed by atoms with E-state index < -0.39 is 15.8 Å². The number of hydrogen-bond acceptors (Lipinski definition) is 6. The summed E-state index contributed by atoms with van der Waals surface area (Å²) in [4.78, 5) is 17.6. The maximum Gasteiger partial charge on any atom is 0.312 e. The van der Waals surface area contributed by atoms with Crippen LogP contribution in [0.2, 0.25) is 5.02 Å². The van der Waals surface area contributed by atoms with E-state index in [0.717, 1.165) is 5.69 Å². The number of fused-ring (bicyclic) bond motifs is 1. The molecule has 2 aromatic heterocycles. The molecule has 1 aliphatic rings. The highest BCUT2D eigenvalue weighted by molar-refractivity contribution is 7.90. The molecule has 11 heteroatoms. The number of halogens is 2. The Morgan fingerprint density at radius 2 is 1.85 bits per heavy atom. The van der Waals surface area contributed by atoms with Crippen LogP contribution in [0.5, 0.6) is 0 Å². The second kappa shape index (κ2) is 10.3. The van der Waals surface area contributed by atoms with Gasteiger partial charge < -0.3 is 9.64 Å². The fourth-order valence-corrected chi connectivity index (χ4v) is 7.52. The van der Waals surface area contributed by atoms with Gasteiger partial charge in [-0.1, -0.05) is 29.8 Å². The van der Waals surface area contributed by atoms with Crippen LogP contribution in [-0.2, 0) is 19.6 Å². The Bertz CT molecular complexity index is 1970. The highest BCUT2D eigenvalue weighted by Crippen LogP contribution is 2.48. The van der Waals surface area contributed by atoms with E-state index in [9.17, 15) is 17.6 Å². The summed E-state index contributed by atoms with van der Waals surface area (Å²) in [6, 6.07) is 18.9. The molecule has 0 spiro atoms. The van der Waals surface area contributed by atoms with E-state index in [-0.39, 0.29) is 22.3 Å². The number of carbonyl (C=O) groups is 1. The van der Waals surface area contributed by atoms with Crippen molar-refractivity contribution in [3.05, 3.63) is 100 Å². The van der Waals surface area contributed by atoms with Gasteiger partial charge in [0.05, 0.1) is 35.7 Å². The van der Waals surface area contributed by atoms with E-state index >= 15 is 0 Å². The lowest BCUT2D eigenvalue weighted by Gasteiger charge is -2.39. The van der Waals surface area contributed by atoms with Gasteiger partial charge in [0.1, 0.15) is 5.82 Å². The number of esters is 1. The van der Waals surface area contributed by atoms with Crippen LogP contribution in [0.4, 0.5) is 15.1 Å². The lowest BCUT2D eigenvalue weighted by Crippen LogP contribution is -2.50. The van der Waals surface area contributed by atoms with Gasteiger partial charge in [-0.3, -0.25) is 4.79 Å². The fourth-order valence-electron chi connectivity index (χ4n) is 5.16. The molecule has 5 aromatic rings. The molecule has 1 fully saturated rings. The minimum Gasteiger partial charge on any atom is -0.469 e. The second-order valence-electron chi connectivity index (χ2n) is 9.54. The van der Waals surface area contributed by atoms with E-state index in [1.54, 1.807) is 23.6 Å². The van der Waals surface area contributed by atoms with Gasteiger partial charge in [0, 0.05) is 45.9 Å². The first kappa shape index (κ1) is 27.0. The number of anilines is 1. The zero-order chi connectivity index (χ0) is 28.9. The first-order chi connectivity index (χ1) is 19.7. The smallest absolute Gasteiger partial charge is 0.312 e. The minimum absolute atomic E-state index is 0.00598. The van der Waals surface area contributed by atoms with Crippen molar-refractivity contribution in [2.75, 3.05) is 25.1 Å². The molecule has 0 bridgehead atoms. The number of benzene rings is 3. The molecule has 7 nitrogen and oxygen atoms in total. The van der Waals surface area contributed by atoms with Crippen LogP contribution in [0, 0.1) is 18.3 Å². The van der Waals surface area contributed by atoms with Crippen LogP contribution in [0.25, 0.3) is 38.1 Å². The third-order valence-electron chi connectivity index (χ3n) is 7.15. The predicted octanol–water partition coefficient (Wildman–Crippen LogP) is 7.23. The molecular formula is C30H21ClFN3O4S2. The number of rotatable bonds is 6. The number of thiophene rings is 1. The largest absolute Gasteiger partial charge is 0.469 e. The van der Waals surface area contributed by atoms with Crippen molar-refractivity contribution in [3.63, 3.8) is 0 Å². The number of nitrogens with zero attached hydrogens (tertiary/aromatic N) is 3. The van der Waals surface area contributed by atoms with Gasteiger partial charge in [0.25, 0.3) is 10.0 Å². The Morgan fingerprint density at radius 1 is 1.10 bits per heavy atom. The third-order valence-corrected chi connectivity index (χ3v) is 9.94. The number of methoxy groups -OCH3 is 1. The predicted molar refractivity (Wildman–Crippen MR) is 159 cm³/mol. The van der Waals surface area contributed by atoms with Crippen molar-refractivity contribution in [1.29, 1.82) is 0 Å². The molecule has 0 unspecified atom stereocenters. The number of aromatic nitrogens is 1. The topological polar surface area (TPSA) is 73.0 Å². The average molecular weight is 606 g/mol. The van der Waals surface area contributed by atoms with Gasteiger partial charge in [-0.25, -0.2) is 21.6 Å². The summed E-state index contributed by atoms with van der Waals surface area (Å²) in [6.07, 6.45) is 0. The molecule has 206 valence electrons. The van der Waals surface area contributed by atoms with Crippen molar-refractivity contribution in [2.45, 2.75) is 4.90 Å². The van der Waals surface area contributed by atoms with E-state index in [0.29, 0.717) is 50.9 Å². The van der Waals surface area contributed by atoms with Gasteiger partial charge in [0.2, 0.25) is 5.00 Å². The van der Waals surface area contributed by atoms with Gasteiger partial charge in [0.15, 0.2) is 0 Å². The monoisotopic (exact) mass is 605 g/mol. The van der Waals surface area contributed by atoms with E-state index in [4.69, 9.17) is 22.9 Å². The molecule has 1 aliphatic heterocycles. The summed E-state index contributed by atoms with van der Waals surface area (Å²) < 4.78 is 49.4. The quantitative estimate of drug-likeness (QED) is 0.151. The molecule has 0 saturated carbocycles. The summed E-state index contributed by atoms with van der Waals surface area (Å²) in [6.45, 7) is 8.66. The van der Waals surface area contributed by atoms with Crippen molar-refractivity contribution in [3.8, 4) is 22.4 Å². The maximum atomic E-state index is 14.7. The normalized spacial score (nSPS) is 13.7. The van der Waals surface area contributed by atoms with Crippen LogP contribution >= 0.6 is 22.9 Å². The van der Waals surface area contributed by atoms with Crippen LogP contribution < -0.4 is 4.90 Å². The summed E-state index contributed by atoms with van der Waals surface area (Å²) in [5, 5.41) is 2.86. The average Bonchev–Trinajstić information content (AvgIpc) is 3.54. The molecule has 3 aromatic carbocycles. The highest BCUT2D eigenvalue weighted by atomic mass is 35.5.